The van der Waals surface area contributed by atoms with Crippen LogP contribution in [0.15, 0.2) is 16.9 Å². The van der Waals surface area contributed by atoms with Gasteiger partial charge in [-0.05, 0) is 62.4 Å². The van der Waals surface area contributed by atoms with Crippen LogP contribution in [0.1, 0.15) is 48.8 Å². The summed E-state index contributed by atoms with van der Waals surface area (Å²) >= 11 is 0. The van der Waals surface area contributed by atoms with Crippen molar-refractivity contribution in [1.29, 1.82) is 0 Å². The Balaban J connectivity index is 1.91. The van der Waals surface area contributed by atoms with E-state index in [9.17, 15) is 14.4 Å². The Morgan fingerprint density at radius 2 is 1.81 bits per heavy atom. The predicted molar refractivity (Wildman–Crippen MR) is 98.2 cm³/mol. The van der Waals surface area contributed by atoms with Crippen molar-refractivity contribution in [1.82, 2.24) is 19.8 Å². The first-order chi connectivity index (χ1) is 12.5. The lowest BCUT2D eigenvalue weighted by Crippen LogP contribution is -2.44. The molecule has 2 fully saturated rings. The van der Waals surface area contributed by atoms with E-state index in [2.05, 4.69) is 17.6 Å². The molecule has 7 heteroatoms. The highest BCUT2D eigenvalue weighted by atomic mass is 16.2. The number of rotatable bonds is 2. The van der Waals surface area contributed by atoms with Gasteiger partial charge in [0.2, 0.25) is 11.8 Å². The summed E-state index contributed by atoms with van der Waals surface area (Å²) < 4.78 is 3.24. The summed E-state index contributed by atoms with van der Waals surface area (Å²) in [5.41, 5.74) is 3.91. The van der Waals surface area contributed by atoms with Crippen LogP contribution in [0.2, 0.25) is 0 Å². The number of benzene rings is 1. The van der Waals surface area contributed by atoms with E-state index in [1.165, 1.54) is 11.1 Å². The SMILES string of the molecule is Cc1ccc2c(c1C1CCNCC1)n(C)c(=O)n2C1CCC(=O)NC1=O. The van der Waals surface area contributed by atoms with E-state index in [-0.39, 0.29) is 23.9 Å². The standard InChI is InChI=1S/C19H24N4O3/c1-11-3-4-13-17(16(11)12-7-9-20-10-8-12)22(2)19(26)23(13)14-5-6-15(24)21-18(14)25/h3-4,12,14,20H,5-10H2,1-2H3,(H,21,24,25). The van der Waals surface area contributed by atoms with E-state index in [4.69, 9.17) is 0 Å². The van der Waals surface area contributed by atoms with E-state index in [1.807, 2.05) is 12.1 Å². The molecule has 2 N–H and O–H groups in total. The van der Waals surface area contributed by atoms with Crippen LogP contribution in [-0.4, -0.2) is 34.0 Å². The Morgan fingerprint density at radius 3 is 2.50 bits per heavy atom. The molecule has 2 aliphatic heterocycles. The zero-order valence-corrected chi connectivity index (χ0v) is 15.2. The number of aryl methyl sites for hydroxylation is 2. The van der Waals surface area contributed by atoms with Crippen molar-refractivity contribution in [2.45, 2.75) is 44.6 Å². The molecular formula is C19H24N4O3. The van der Waals surface area contributed by atoms with Gasteiger partial charge in [-0.15, -0.1) is 0 Å². The van der Waals surface area contributed by atoms with Crippen molar-refractivity contribution in [3.63, 3.8) is 0 Å². The number of hydrogen-bond donors (Lipinski definition) is 2. The number of imide groups is 1. The van der Waals surface area contributed by atoms with Crippen molar-refractivity contribution in [2.24, 2.45) is 7.05 Å². The Bertz CT molecular complexity index is 950. The lowest BCUT2D eigenvalue weighted by atomic mass is 9.86. The predicted octanol–water partition coefficient (Wildman–Crippen LogP) is 1.09. The van der Waals surface area contributed by atoms with E-state index in [0.29, 0.717) is 12.3 Å². The number of imidazole rings is 1. The molecule has 1 atom stereocenters. The van der Waals surface area contributed by atoms with E-state index >= 15 is 0 Å². The largest absolute Gasteiger partial charge is 0.329 e. The molecule has 7 nitrogen and oxygen atoms in total. The van der Waals surface area contributed by atoms with Gasteiger partial charge in [-0.25, -0.2) is 4.79 Å². The molecule has 1 aromatic heterocycles. The molecule has 0 saturated carbocycles. The highest BCUT2D eigenvalue weighted by molar-refractivity contribution is 6.00. The van der Waals surface area contributed by atoms with Crippen LogP contribution in [0, 0.1) is 6.92 Å². The second-order valence-electron chi connectivity index (χ2n) is 7.37. The van der Waals surface area contributed by atoms with Gasteiger partial charge < -0.3 is 5.32 Å². The van der Waals surface area contributed by atoms with Gasteiger partial charge in [-0.1, -0.05) is 6.07 Å². The van der Waals surface area contributed by atoms with Crippen LogP contribution in [0.3, 0.4) is 0 Å². The minimum Gasteiger partial charge on any atom is -0.317 e. The summed E-state index contributed by atoms with van der Waals surface area (Å²) in [7, 11) is 1.77. The number of hydrogen-bond acceptors (Lipinski definition) is 4. The lowest BCUT2D eigenvalue weighted by Gasteiger charge is -2.26. The molecule has 1 unspecified atom stereocenters. The van der Waals surface area contributed by atoms with Crippen LogP contribution >= 0.6 is 0 Å². The second-order valence-corrected chi connectivity index (χ2v) is 7.37. The molecule has 2 aromatic rings. The molecule has 3 heterocycles. The third-order valence-electron chi connectivity index (χ3n) is 5.77. The summed E-state index contributed by atoms with van der Waals surface area (Å²) in [6.07, 6.45) is 2.70. The highest BCUT2D eigenvalue weighted by Crippen LogP contribution is 2.35. The monoisotopic (exact) mass is 356 g/mol. The molecule has 26 heavy (non-hydrogen) atoms. The number of fused-ring (bicyclic) bond motifs is 1. The smallest absolute Gasteiger partial charge is 0.317 e. The molecular weight excluding hydrogens is 332 g/mol. The Hall–Kier alpha value is -2.41. The summed E-state index contributed by atoms with van der Waals surface area (Å²) in [6, 6.07) is 3.34. The molecule has 2 saturated heterocycles. The molecule has 0 bridgehead atoms. The summed E-state index contributed by atoms with van der Waals surface area (Å²) in [4.78, 5) is 36.8. The number of carbonyl (C=O) groups is 2. The van der Waals surface area contributed by atoms with Crippen LogP contribution in [0.5, 0.6) is 0 Å². The van der Waals surface area contributed by atoms with E-state index in [0.717, 1.165) is 37.0 Å². The van der Waals surface area contributed by atoms with Crippen molar-refractivity contribution in [3.8, 4) is 0 Å². The summed E-state index contributed by atoms with van der Waals surface area (Å²) in [6.45, 7) is 4.04. The average Bonchev–Trinajstić information content (AvgIpc) is 2.87. The first kappa shape index (κ1) is 17.0. The van der Waals surface area contributed by atoms with Gasteiger partial charge in [0, 0.05) is 13.5 Å². The molecule has 138 valence electrons. The summed E-state index contributed by atoms with van der Waals surface area (Å²) in [5, 5.41) is 5.75. The third kappa shape index (κ3) is 2.58. The van der Waals surface area contributed by atoms with Crippen LogP contribution < -0.4 is 16.3 Å². The first-order valence-electron chi connectivity index (χ1n) is 9.24. The van der Waals surface area contributed by atoms with Crippen molar-refractivity contribution >= 4 is 22.8 Å². The van der Waals surface area contributed by atoms with Gasteiger partial charge >= 0.3 is 5.69 Å². The fourth-order valence-corrected chi connectivity index (χ4v) is 4.46. The van der Waals surface area contributed by atoms with Crippen molar-refractivity contribution in [3.05, 3.63) is 33.7 Å². The van der Waals surface area contributed by atoms with Crippen molar-refractivity contribution < 1.29 is 9.59 Å². The third-order valence-corrected chi connectivity index (χ3v) is 5.77. The topological polar surface area (TPSA) is 85.1 Å². The molecule has 2 aliphatic rings. The number of carbonyl (C=O) groups excluding carboxylic acids is 2. The minimum atomic E-state index is -0.632. The number of amides is 2. The van der Waals surface area contributed by atoms with Gasteiger partial charge in [-0.2, -0.15) is 0 Å². The zero-order chi connectivity index (χ0) is 18.4. The Kier molecular flexibility index (Phi) is 4.19. The number of piperidine rings is 2. The summed E-state index contributed by atoms with van der Waals surface area (Å²) in [5.74, 6) is -0.256. The number of nitrogens with one attached hydrogen (secondary N) is 2. The van der Waals surface area contributed by atoms with Gasteiger partial charge in [0.25, 0.3) is 0 Å². The highest BCUT2D eigenvalue weighted by Gasteiger charge is 2.32. The van der Waals surface area contributed by atoms with Gasteiger partial charge in [0.15, 0.2) is 0 Å². The molecule has 0 spiro atoms. The Morgan fingerprint density at radius 1 is 1.08 bits per heavy atom. The zero-order valence-electron chi connectivity index (χ0n) is 15.2. The minimum absolute atomic E-state index is 0.199. The molecule has 2 amide bonds. The first-order valence-corrected chi connectivity index (χ1v) is 9.24. The molecule has 1 aromatic carbocycles. The average molecular weight is 356 g/mol. The quantitative estimate of drug-likeness (QED) is 0.789. The van der Waals surface area contributed by atoms with E-state index in [1.54, 1.807) is 16.2 Å². The Labute approximate surface area is 151 Å². The molecule has 0 aliphatic carbocycles. The maximum absolute atomic E-state index is 13.0. The van der Waals surface area contributed by atoms with Gasteiger partial charge in [0.1, 0.15) is 6.04 Å². The fraction of sp³-hybridized carbons (Fsp3) is 0.526. The number of aromatic nitrogens is 2. The van der Waals surface area contributed by atoms with Crippen LogP contribution in [-0.2, 0) is 16.6 Å². The number of nitrogens with zero attached hydrogens (tertiary/aromatic N) is 2. The molecule has 4 rings (SSSR count). The maximum atomic E-state index is 13.0. The van der Waals surface area contributed by atoms with Crippen LogP contribution in [0.4, 0.5) is 0 Å². The normalized spacial score (nSPS) is 22.0. The van der Waals surface area contributed by atoms with Crippen LogP contribution in [0.25, 0.3) is 11.0 Å². The molecule has 0 radical (unpaired) electrons. The fourth-order valence-electron chi connectivity index (χ4n) is 4.46. The second kappa shape index (κ2) is 6.39. The van der Waals surface area contributed by atoms with E-state index < -0.39 is 6.04 Å². The van der Waals surface area contributed by atoms with Gasteiger partial charge in [0.05, 0.1) is 11.0 Å². The van der Waals surface area contributed by atoms with Gasteiger partial charge in [-0.3, -0.25) is 24.0 Å². The maximum Gasteiger partial charge on any atom is 0.329 e. The van der Waals surface area contributed by atoms with Crippen molar-refractivity contribution in [2.75, 3.05) is 13.1 Å². The lowest BCUT2D eigenvalue weighted by molar-refractivity contribution is -0.135.